The topological polar surface area (TPSA) is 110 Å². The van der Waals surface area contributed by atoms with Crippen molar-refractivity contribution in [3.8, 4) is 0 Å². The fourth-order valence-electron chi connectivity index (χ4n) is 2.17. The second-order valence-corrected chi connectivity index (χ2v) is 5.10. The van der Waals surface area contributed by atoms with Gasteiger partial charge in [0.15, 0.2) is 0 Å². The number of aryl methyl sites for hydroxylation is 1. The molecule has 3 rings (SSSR count). The molecule has 122 valence electrons. The van der Waals surface area contributed by atoms with Gasteiger partial charge in [-0.1, -0.05) is 6.07 Å². The van der Waals surface area contributed by atoms with Gasteiger partial charge in [0.2, 0.25) is 0 Å². The SMILES string of the molecule is Cc1cccnc1NC(=O)c1c[nH]c(=O)n(Cc2ccco2)c1=O. The minimum Gasteiger partial charge on any atom is -0.467 e. The van der Waals surface area contributed by atoms with E-state index in [1.165, 1.54) is 12.5 Å². The standard InChI is InChI=1S/C16H14N4O4/c1-10-4-2-6-17-13(10)19-14(21)12-8-18-16(23)20(15(12)22)9-11-5-3-7-24-11/h2-8H,9H2,1H3,(H,18,23)(H,17,19,21). The maximum atomic E-state index is 12.5. The van der Waals surface area contributed by atoms with Gasteiger partial charge in [0, 0.05) is 12.4 Å². The predicted molar refractivity (Wildman–Crippen MR) is 86.1 cm³/mol. The van der Waals surface area contributed by atoms with Crippen molar-refractivity contribution < 1.29 is 9.21 Å². The van der Waals surface area contributed by atoms with Gasteiger partial charge in [0.05, 0.1) is 12.8 Å². The zero-order valence-electron chi connectivity index (χ0n) is 12.8. The van der Waals surface area contributed by atoms with Crippen molar-refractivity contribution in [3.63, 3.8) is 0 Å². The van der Waals surface area contributed by atoms with Crippen LogP contribution in [0.25, 0.3) is 0 Å². The molecule has 0 unspecified atom stereocenters. The Morgan fingerprint density at radius 2 is 2.17 bits per heavy atom. The van der Waals surface area contributed by atoms with Crippen molar-refractivity contribution in [2.75, 3.05) is 5.32 Å². The molecule has 3 aromatic heterocycles. The van der Waals surface area contributed by atoms with E-state index in [4.69, 9.17) is 4.42 Å². The largest absolute Gasteiger partial charge is 0.467 e. The minimum atomic E-state index is -0.707. The van der Waals surface area contributed by atoms with E-state index in [1.54, 1.807) is 31.2 Å². The van der Waals surface area contributed by atoms with Crippen molar-refractivity contribution >= 4 is 11.7 Å². The third kappa shape index (κ3) is 3.02. The molecular weight excluding hydrogens is 312 g/mol. The highest BCUT2D eigenvalue weighted by Gasteiger charge is 2.16. The van der Waals surface area contributed by atoms with Crippen molar-refractivity contribution in [2.45, 2.75) is 13.5 Å². The molecule has 0 fully saturated rings. The van der Waals surface area contributed by atoms with Crippen LogP contribution in [0.3, 0.4) is 0 Å². The molecule has 0 atom stereocenters. The number of nitrogens with zero attached hydrogens (tertiary/aromatic N) is 2. The molecule has 0 radical (unpaired) electrons. The molecule has 0 aromatic carbocycles. The van der Waals surface area contributed by atoms with Crippen LogP contribution >= 0.6 is 0 Å². The van der Waals surface area contributed by atoms with E-state index in [2.05, 4.69) is 15.3 Å². The number of hydrogen-bond acceptors (Lipinski definition) is 5. The number of anilines is 1. The van der Waals surface area contributed by atoms with E-state index in [9.17, 15) is 14.4 Å². The number of nitrogens with one attached hydrogen (secondary N) is 2. The lowest BCUT2D eigenvalue weighted by Gasteiger charge is -2.08. The van der Waals surface area contributed by atoms with E-state index >= 15 is 0 Å². The molecule has 8 heteroatoms. The third-order valence-corrected chi connectivity index (χ3v) is 3.44. The summed E-state index contributed by atoms with van der Waals surface area (Å²) >= 11 is 0. The van der Waals surface area contributed by atoms with Crippen molar-refractivity contribution in [1.29, 1.82) is 0 Å². The summed E-state index contributed by atoms with van der Waals surface area (Å²) in [7, 11) is 0. The summed E-state index contributed by atoms with van der Waals surface area (Å²) in [6.45, 7) is 1.72. The number of carbonyl (C=O) groups excluding carboxylic acids is 1. The molecule has 0 bridgehead atoms. The first-order valence-electron chi connectivity index (χ1n) is 7.14. The predicted octanol–water partition coefficient (Wildman–Crippen LogP) is 1.13. The maximum Gasteiger partial charge on any atom is 0.328 e. The Morgan fingerprint density at radius 3 is 2.88 bits per heavy atom. The summed E-state index contributed by atoms with van der Waals surface area (Å²) in [6, 6.07) is 6.80. The molecule has 2 N–H and O–H groups in total. The molecule has 8 nitrogen and oxygen atoms in total. The lowest BCUT2D eigenvalue weighted by molar-refractivity contribution is 0.102. The fourth-order valence-corrected chi connectivity index (χ4v) is 2.17. The van der Waals surface area contributed by atoms with Crippen LogP contribution in [0.4, 0.5) is 5.82 Å². The van der Waals surface area contributed by atoms with Crippen LogP contribution in [0.5, 0.6) is 0 Å². The number of amides is 1. The fraction of sp³-hybridized carbons (Fsp3) is 0.125. The van der Waals surface area contributed by atoms with Crippen molar-refractivity contribution in [3.05, 3.63) is 80.6 Å². The molecule has 1 amide bonds. The highest BCUT2D eigenvalue weighted by atomic mass is 16.3. The number of carbonyl (C=O) groups is 1. The summed E-state index contributed by atoms with van der Waals surface area (Å²) in [4.78, 5) is 43.1. The molecule has 0 spiro atoms. The van der Waals surface area contributed by atoms with Crippen LogP contribution in [0.1, 0.15) is 21.7 Å². The number of aromatic nitrogens is 3. The van der Waals surface area contributed by atoms with Gasteiger partial charge in [-0.3, -0.25) is 14.2 Å². The Balaban J connectivity index is 1.94. The lowest BCUT2D eigenvalue weighted by atomic mass is 10.2. The Bertz CT molecular complexity index is 986. The van der Waals surface area contributed by atoms with Gasteiger partial charge >= 0.3 is 5.69 Å². The highest BCUT2D eigenvalue weighted by molar-refractivity contribution is 6.03. The second kappa shape index (κ2) is 6.37. The number of hydrogen-bond donors (Lipinski definition) is 2. The van der Waals surface area contributed by atoms with Crippen LogP contribution in [-0.2, 0) is 6.54 Å². The number of furan rings is 1. The van der Waals surface area contributed by atoms with Crippen LogP contribution in [0.15, 0.2) is 56.9 Å². The number of H-pyrrole nitrogens is 1. The molecule has 0 aliphatic rings. The Morgan fingerprint density at radius 1 is 1.33 bits per heavy atom. The van der Waals surface area contributed by atoms with E-state index in [1.807, 2.05) is 0 Å². The van der Waals surface area contributed by atoms with E-state index < -0.39 is 17.2 Å². The van der Waals surface area contributed by atoms with Gasteiger partial charge in [-0.15, -0.1) is 0 Å². The average molecular weight is 326 g/mol. The molecule has 3 aromatic rings. The third-order valence-electron chi connectivity index (χ3n) is 3.44. The van der Waals surface area contributed by atoms with Gasteiger partial charge in [-0.05, 0) is 30.7 Å². The van der Waals surface area contributed by atoms with Crippen LogP contribution in [0.2, 0.25) is 0 Å². The Kier molecular flexibility index (Phi) is 4.11. The summed E-state index contributed by atoms with van der Waals surface area (Å²) in [5, 5.41) is 2.56. The molecule has 0 saturated carbocycles. The van der Waals surface area contributed by atoms with Crippen molar-refractivity contribution in [1.82, 2.24) is 14.5 Å². The highest BCUT2D eigenvalue weighted by Crippen LogP contribution is 2.10. The van der Waals surface area contributed by atoms with Crippen LogP contribution in [0, 0.1) is 6.92 Å². The van der Waals surface area contributed by atoms with Gasteiger partial charge in [0.1, 0.15) is 17.1 Å². The average Bonchev–Trinajstić information content (AvgIpc) is 3.06. The van der Waals surface area contributed by atoms with Crippen LogP contribution in [-0.4, -0.2) is 20.4 Å². The first-order valence-corrected chi connectivity index (χ1v) is 7.14. The molecule has 0 saturated heterocycles. The number of aromatic amines is 1. The van der Waals surface area contributed by atoms with E-state index in [-0.39, 0.29) is 12.1 Å². The number of pyridine rings is 1. The first-order chi connectivity index (χ1) is 11.6. The molecule has 24 heavy (non-hydrogen) atoms. The van der Waals surface area contributed by atoms with Gasteiger partial charge in [-0.25, -0.2) is 9.78 Å². The smallest absolute Gasteiger partial charge is 0.328 e. The lowest BCUT2D eigenvalue weighted by Crippen LogP contribution is -2.39. The zero-order valence-corrected chi connectivity index (χ0v) is 12.8. The van der Waals surface area contributed by atoms with Gasteiger partial charge < -0.3 is 14.7 Å². The minimum absolute atomic E-state index is 0.0646. The summed E-state index contributed by atoms with van der Waals surface area (Å²) < 4.78 is 6.04. The van der Waals surface area contributed by atoms with Crippen LogP contribution < -0.4 is 16.6 Å². The van der Waals surface area contributed by atoms with Gasteiger partial charge in [-0.2, -0.15) is 0 Å². The summed E-state index contributed by atoms with van der Waals surface area (Å²) in [5.41, 5.74) is -0.763. The number of rotatable bonds is 4. The van der Waals surface area contributed by atoms with E-state index in [0.29, 0.717) is 11.6 Å². The van der Waals surface area contributed by atoms with Gasteiger partial charge in [0.25, 0.3) is 11.5 Å². The Hall–Kier alpha value is -3.42. The molecule has 3 heterocycles. The maximum absolute atomic E-state index is 12.5. The monoisotopic (exact) mass is 326 g/mol. The zero-order chi connectivity index (χ0) is 17.1. The Labute approximate surface area is 135 Å². The first kappa shape index (κ1) is 15.5. The van der Waals surface area contributed by atoms with Crippen molar-refractivity contribution in [2.24, 2.45) is 0 Å². The van der Waals surface area contributed by atoms with E-state index in [0.717, 1.165) is 16.3 Å². The molecule has 0 aliphatic heterocycles. The normalized spacial score (nSPS) is 10.5. The summed E-state index contributed by atoms with van der Waals surface area (Å²) in [5.74, 6) is 0.137. The molecular formula is C16H14N4O4. The second-order valence-electron chi connectivity index (χ2n) is 5.10. The summed E-state index contributed by atoms with van der Waals surface area (Å²) in [6.07, 6.45) is 4.07. The molecule has 0 aliphatic carbocycles. The quantitative estimate of drug-likeness (QED) is 0.747.